The number of nitrogens with zero attached hydrogens (tertiary/aromatic N) is 3. The average molecular weight is 701 g/mol. The van der Waals surface area contributed by atoms with Gasteiger partial charge in [-0.2, -0.15) is 9.78 Å². The normalized spacial score (nSPS) is 11.3. The van der Waals surface area contributed by atoms with E-state index in [-0.39, 0.29) is 24.0 Å². The molecular weight excluding hydrogens is 667 g/mol. The Labute approximate surface area is 269 Å². The summed E-state index contributed by atoms with van der Waals surface area (Å²) in [5, 5.41) is 7.95. The van der Waals surface area contributed by atoms with Crippen molar-refractivity contribution in [1.29, 1.82) is 0 Å². The fourth-order valence-corrected chi connectivity index (χ4v) is 5.48. The number of hydrogen-bond acceptors (Lipinski definition) is 6. The van der Waals surface area contributed by atoms with Crippen molar-refractivity contribution < 1.29 is 14.3 Å². The number of rotatable bonds is 9. The van der Waals surface area contributed by atoms with Gasteiger partial charge in [-0.3, -0.25) is 9.59 Å². The number of para-hydroxylation sites is 1. The summed E-state index contributed by atoms with van der Waals surface area (Å²) in [5.74, 6) is 1.76. The van der Waals surface area contributed by atoms with Gasteiger partial charge >= 0.3 is 0 Å². The lowest BCUT2D eigenvalue weighted by Crippen LogP contribution is -2.21. The fourth-order valence-electron chi connectivity index (χ4n) is 4.79. The van der Waals surface area contributed by atoms with Crippen LogP contribution >= 0.6 is 22.6 Å². The van der Waals surface area contributed by atoms with Crippen molar-refractivity contribution in [2.45, 2.75) is 33.6 Å². The molecule has 1 amide bonds. The molecule has 0 radical (unpaired) electrons. The van der Waals surface area contributed by atoms with Crippen LogP contribution in [-0.4, -0.2) is 35.5 Å². The van der Waals surface area contributed by atoms with E-state index < -0.39 is 0 Å². The maximum absolute atomic E-state index is 13.7. The quantitative estimate of drug-likeness (QED) is 0.129. The van der Waals surface area contributed by atoms with E-state index >= 15 is 0 Å². The molecule has 1 heterocycles. The van der Waals surface area contributed by atoms with Gasteiger partial charge < -0.3 is 14.8 Å². The number of hydrogen-bond donors (Lipinski definition) is 1. The van der Waals surface area contributed by atoms with Gasteiger partial charge in [0.25, 0.3) is 11.5 Å². The smallest absolute Gasteiger partial charge is 0.282 e. The number of nitrogens with one attached hydrogen (secondary N) is 1. The molecule has 0 saturated carbocycles. The van der Waals surface area contributed by atoms with Crippen molar-refractivity contribution in [3.63, 3.8) is 0 Å². The van der Waals surface area contributed by atoms with E-state index in [1.54, 1.807) is 25.5 Å². The van der Waals surface area contributed by atoms with Gasteiger partial charge in [-0.15, -0.1) is 0 Å². The van der Waals surface area contributed by atoms with E-state index in [0.717, 1.165) is 37.1 Å². The highest BCUT2D eigenvalue weighted by molar-refractivity contribution is 14.1. The van der Waals surface area contributed by atoms with Gasteiger partial charge in [0.05, 0.1) is 27.8 Å². The van der Waals surface area contributed by atoms with Crippen molar-refractivity contribution in [1.82, 2.24) is 9.66 Å². The van der Waals surface area contributed by atoms with E-state index in [1.807, 2.05) is 80.6 Å². The number of anilines is 1. The van der Waals surface area contributed by atoms with Gasteiger partial charge in [0.1, 0.15) is 11.5 Å². The van der Waals surface area contributed by atoms with Crippen LogP contribution in [0.2, 0.25) is 0 Å². The number of aryl methyl sites for hydroxylation is 2. The van der Waals surface area contributed by atoms with Crippen LogP contribution in [0.25, 0.3) is 22.3 Å². The molecule has 0 aliphatic rings. The van der Waals surface area contributed by atoms with Crippen molar-refractivity contribution in [2.75, 3.05) is 19.0 Å². The van der Waals surface area contributed by atoms with Crippen LogP contribution in [-0.2, 0) is 4.79 Å². The van der Waals surface area contributed by atoms with Crippen molar-refractivity contribution in [2.24, 2.45) is 5.10 Å². The number of methoxy groups -OCH3 is 1. The zero-order valence-electron chi connectivity index (χ0n) is 25.2. The summed E-state index contributed by atoms with van der Waals surface area (Å²) in [6, 6.07) is 24.3. The number of carbonyl (C=O) groups is 1. The first kappa shape index (κ1) is 30.9. The molecule has 1 N–H and O–H groups in total. The number of ether oxygens (including phenoxy) is 2. The summed E-state index contributed by atoms with van der Waals surface area (Å²) < 4.78 is 13.6. The third-order valence-corrected chi connectivity index (χ3v) is 8.01. The summed E-state index contributed by atoms with van der Waals surface area (Å²) >= 11 is 2.16. The molecule has 0 saturated heterocycles. The number of amides is 1. The minimum atomic E-state index is -0.266. The van der Waals surface area contributed by atoms with Crippen LogP contribution in [0.1, 0.15) is 42.0 Å². The fraction of sp³-hybridized carbons (Fsp3) is 0.200. The average Bonchev–Trinajstić information content (AvgIpc) is 3.01. The lowest BCUT2D eigenvalue weighted by Gasteiger charge is -2.17. The lowest BCUT2D eigenvalue weighted by atomic mass is 9.96. The summed E-state index contributed by atoms with van der Waals surface area (Å²) in [6.45, 7) is 8.03. The zero-order valence-corrected chi connectivity index (χ0v) is 27.4. The molecule has 0 unspecified atom stereocenters. The van der Waals surface area contributed by atoms with Crippen LogP contribution in [0, 0.1) is 17.4 Å². The van der Waals surface area contributed by atoms with Crippen LogP contribution in [0.15, 0.2) is 88.8 Å². The number of benzene rings is 4. The van der Waals surface area contributed by atoms with Gasteiger partial charge in [-0.05, 0) is 114 Å². The highest BCUT2D eigenvalue weighted by Crippen LogP contribution is 2.34. The minimum absolute atomic E-state index is 0.127. The molecule has 0 fully saturated rings. The molecule has 224 valence electrons. The van der Waals surface area contributed by atoms with Crippen LogP contribution in [0.5, 0.6) is 11.5 Å². The van der Waals surface area contributed by atoms with E-state index in [4.69, 9.17) is 14.5 Å². The molecular formula is C35H33IN4O4. The first-order chi connectivity index (χ1) is 21.1. The lowest BCUT2D eigenvalue weighted by molar-refractivity contribution is -0.118. The molecule has 0 atom stereocenters. The molecule has 4 aromatic carbocycles. The largest absolute Gasteiger partial charge is 0.496 e. The molecule has 44 heavy (non-hydrogen) atoms. The maximum atomic E-state index is 13.7. The van der Waals surface area contributed by atoms with E-state index in [9.17, 15) is 9.59 Å². The Morgan fingerprint density at radius 1 is 1.02 bits per heavy atom. The van der Waals surface area contributed by atoms with E-state index in [1.165, 1.54) is 4.68 Å². The monoisotopic (exact) mass is 700 g/mol. The Bertz CT molecular complexity index is 1930. The SMILES string of the molecule is COc1cc(C)c(-c2nc3ccccc3c(=O)n2N=Cc2ccc(OCC(=O)Nc3ccc(C)cc3)c(I)c2)cc1C(C)C. The van der Waals surface area contributed by atoms with E-state index in [0.29, 0.717) is 28.2 Å². The summed E-state index contributed by atoms with van der Waals surface area (Å²) in [7, 11) is 1.66. The molecule has 0 aliphatic carbocycles. The number of aromatic nitrogens is 2. The van der Waals surface area contributed by atoms with Gasteiger partial charge in [0.15, 0.2) is 12.4 Å². The first-order valence-electron chi connectivity index (χ1n) is 14.2. The molecule has 0 spiro atoms. The van der Waals surface area contributed by atoms with Crippen LogP contribution in [0.3, 0.4) is 0 Å². The zero-order chi connectivity index (χ0) is 31.4. The Morgan fingerprint density at radius 3 is 2.48 bits per heavy atom. The minimum Gasteiger partial charge on any atom is -0.496 e. The second-order valence-corrected chi connectivity index (χ2v) is 11.9. The highest BCUT2D eigenvalue weighted by Gasteiger charge is 2.18. The predicted molar refractivity (Wildman–Crippen MR) is 184 cm³/mol. The van der Waals surface area contributed by atoms with Gasteiger partial charge in [0.2, 0.25) is 0 Å². The second kappa shape index (κ2) is 13.4. The maximum Gasteiger partial charge on any atom is 0.282 e. The topological polar surface area (TPSA) is 94.8 Å². The van der Waals surface area contributed by atoms with E-state index in [2.05, 4.69) is 46.9 Å². The Morgan fingerprint density at radius 2 is 1.77 bits per heavy atom. The van der Waals surface area contributed by atoms with Crippen LogP contribution < -0.4 is 20.3 Å². The van der Waals surface area contributed by atoms with Gasteiger partial charge in [0, 0.05) is 11.3 Å². The molecule has 9 heteroatoms. The van der Waals surface area contributed by atoms with Crippen molar-refractivity contribution >= 4 is 51.3 Å². The molecule has 5 rings (SSSR count). The Kier molecular flexibility index (Phi) is 9.43. The highest BCUT2D eigenvalue weighted by atomic mass is 127. The standard InChI is InChI=1S/C35H33IN4O4/c1-21(2)27-18-28(23(4)16-32(27)43-5)34-39-30-9-7-6-8-26(30)35(42)40(34)37-19-24-12-15-31(29(36)17-24)44-20-33(41)38-25-13-10-22(3)11-14-25/h6-19,21H,20H2,1-5H3,(H,38,41). The molecule has 1 aromatic heterocycles. The molecule has 0 bridgehead atoms. The Balaban J connectivity index is 1.44. The summed E-state index contributed by atoms with van der Waals surface area (Å²) in [5.41, 5.74) is 5.66. The van der Waals surface area contributed by atoms with Crippen molar-refractivity contribution in [3.8, 4) is 22.9 Å². The second-order valence-electron chi connectivity index (χ2n) is 10.8. The Hall–Kier alpha value is -4.51. The van der Waals surface area contributed by atoms with Crippen LogP contribution in [0.4, 0.5) is 5.69 Å². The summed E-state index contributed by atoms with van der Waals surface area (Å²) in [6.07, 6.45) is 1.62. The third-order valence-electron chi connectivity index (χ3n) is 7.17. The molecule has 5 aromatic rings. The third kappa shape index (κ3) is 6.83. The number of halogens is 1. The van der Waals surface area contributed by atoms with Gasteiger partial charge in [-0.25, -0.2) is 4.98 Å². The molecule has 0 aliphatic heterocycles. The van der Waals surface area contributed by atoms with Crippen molar-refractivity contribution in [3.05, 3.63) is 115 Å². The van der Waals surface area contributed by atoms with Gasteiger partial charge in [-0.1, -0.05) is 43.7 Å². The first-order valence-corrected chi connectivity index (χ1v) is 15.3. The summed E-state index contributed by atoms with van der Waals surface area (Å²) in [4.78, 5) is 31.0. The predicted octanol–water partition coefficient (Wildman–Crippen LogP) is 7.32. The number of fused-ring (bicyclic) bond motifs is 1. The number of carbonyl (C=O) groups excluding carboxylic acids is 1. The molecule has 8 nitrogen and oxygen atoms in total.